The number of hydrogen-bond acceptors (Lipinski definition) is 5. The van der Waals surface area contributed by atoms with Gasteiger partial charge in [0.2, 0.25) is 5.78 Å². The van der Waals surface area contributed by atoms with Crippen LogP contribution < -0.4 is 5.32 Å². The highest BCUT2D eigenvalue weighted by atomic mass is 16.6. The second-order valence-corrected chi connectivity index (χ2v) is 9.60. The zero-order chi connectivity index (χ0) is 23.3. The molecule has 1 aromatic rings. The van der Waals surface area contributed by atoms with Gasteiger partial charge >= 0.3 is 12.2 Å². The van der Waals surface area contributed by atoms with Gasteiger partial charge in [-0.1, -0.05) is 36.3 Å². The molecule has 0 aliphatic carbocycles. The van der Waals surface area contributed by atoms with Crippen molar-refractivity contribution in [1.82, 2.24) is 10.2 Å². The van der Waals surface area contributed by atoms with Crippen LogP contribution in [0.5, 0.6) is 0 Å². The first-order chi connectivity index (χ1) is 14.3. The van der Waals surface area contributed by atoms with Crippen molar-refractivity contribution in [2.24, 2.45) is 5.41 Å². The van der Waals surface area contributed by atoms with Gasteiger partial charge in [0, 0.05) is 13.1 Å². The Hall–Kier alpha value is -3.01. The van der Waals surface area contributed by atoms with Crippen LogP contribution in [0.4, 0.5) is 9.59 Å². The maximum absolute atomic E-state index is 12.8. The van der Waals surface area contributed by atoms with Gasteiger partial charge in [0.1, 0.15) is 12.2 Å². The molecule has 0 aromatic heterocycles. The molecule has 7 nitrogen and oxygen atoms in total. The predicted octanol–water partition coefficient (Wildman–Crippen LogP) is 3.91. The number of ether oxygens (including phenoxy) is 2. The first kappa shape index (κ1) is 24.3. The number of likely N-dealkylation sites (tertiary alicyclic amines) is 1. The van der Waals surface area contributed by atoms with Gasteiger partial charge in [0.15, 0.2) is 0 Å². The molecule has 1 N–H and O–H groups in total. The summed E-state index contributed by atoms with van der Waals surface area (Å²) in [5.74, 6) is 5.21. The molecule has 0 bridgehead atoms. The van der Waals surface area contributed by atoms with Crippen LogP contribution in [0.3, 0.4) is 0 Å². The van der Waals surface area contributed by atoms with Gasteiger partial charge in [0.05, 0.1) is 11.0 Å². The minimum Gasteiger partial charge on any atom is -0.445 e. The average molecular weight is 429 g/mol. The highest BCUT2D eigenvalue weighted by molar-refractivity contribution is 6.00. The Labute approximate surface area is 184 Å². The number of alkyl carbamates (subject to hydrolysis) is 1. The van der Waals surface area contributed by atoms with Gasteiger partial charge in [-0.25, -0.2) is 9.59 Å². The molecule has 2 rings (SSSR count). The van der Waals surface area contributed by atoms with Crippen LogP contribution in [0.1, 0.15) is 53.5 Å². The van der Waals surface area contributed by atoms with Crippen molar-refractivity contribution in [3.05, 3.63) is 35.9 Å². The van der Waals surface area contributed by atoms with Gasteiger partial charge in [-0.2, -0.15) is 0 Å². The number of carbonyl (C=O) groups is 3. The van der Waals surface area contributed by atoms with E-state index in [1.54, 1.807) is 41.5 Å². The van der Waals surface area contributed by atoms with Crippen LogP contribution in [0.15, 0.2) is 30.3 Å². The smallest absolute Gasteiger partial charge is 0.410 e. The first-order valence-corrected chi connectivity index (χ1v) is 10.3. The Balaban J connectivity index is 1.91. The number of amides is 2. The van der Waals surface area contributed by atoms with Crippen molar-refractivity contribution in [3.63, 3.8) is 0 Å². The molecule has 1 saturated heterocycles. The SMILES string of the molecule is CC(C)(C#CC(=O)C1(C)CCN(C(=O)OC(C)(C)C)C1)NC(=O)OCc1ccccc1. The van der Waals surface area contributed by atoms with Crippen LogP contribution in [-0.4, -0.2) is 47.1 Å². The summed E-state index contributed by atoms with van der Waals surface area (Å²) >= 11 is 0. The fourth-order valence-electron chi connectivity index (χ4n) is 3.04. The van der Waals surface area contributed by atoms with E-state index in [9.17, 15) is 14.4 Å². The summed E-state index contributed by atoms with van der Waals surface area (Å²) in [6.45, 7) is 11.4. The minimum atomic E-state index is -0.955. The van der Waals surface area contributed by atoms with Crippen LogP contribution in [0.2, 0.25) is 0 Å². The minimum absolute atomic E-state index is 0.147. The summed E-state index contributed by atoms with van der Waals surface area (Å²) in [6, 6.07) is 9.34. The number of Topliss-reactive ketones (excluding diaryl/α,β-unsaturated/α-hetero) is 1. The van der Waals surface area contributed by atoms with Crippen molar-refractivity contribution in [3.8, 4) is 11.8 Å². The molecule has 2 amide bonds. The third-order valence-electron chi connectivity index (χ3n) is 4.79. The number of carbonyl (C=O) groups excluding carboxylic acids is 3. The third-order valence-corrected chi connectivity index (χ3v) is 4.79. The molecule has 1 fully saturated rings. The topological polar surface area (TPSA) is 84.9 Å². The summed E-state index contributed by atoms with van der Waals surface area (Å²) in [7, 11) is 0. The van der Waals surface area contributed by atoms with E-state index in [4.69, 9.17) is 9.47 Å². The van der Waals surface area contributed by atoms with E-state index in [1.807, 2.05) is 30.3 Å². The summed E-state index contributed by atoms with van der Waals surface area (Å²) < 4.78 is 10.6. The standard InChI is InChI=1S/C24H32N2O5/c1-22(2,3)31-21(29)26-15-14-24(6,17-26)19(27)12-13-23(4,5)25-20(28)30-16-18-10-8-7-9-11-18/h7-11H,14-17H2,1-6H3,(H,25,28). The second-order valence-electron chi connectivity index (χ2n) is 9.60. The highest BCUT2D eigenvalue weighted by Gasteiger charge is 2.42. The molecule has 1 unspecified atom stereocenters. The Morgan fingerprint density at radius 3 is 2.39 bits per heavy atom. The molecular formula is C24H32N2O5. The maximum atomic E-state index is 12.8. The lowest BCUT2D eigenvalue weighted by Crippen LogP contribution is -2.43. The van der Waals surface area contributed by atoms with E-state index >= 15 is 0 Å². The first-order valence-electron chi connectivity index (χ1n) is 10.3. The number of nitrogens with zero attached hydrogens (tertiary/aromatic N) is 1. The number of rotatable bonds is 4. The third kappa shape index (κ3) is 7.63. The van der Waals surface area contributed by atoms with Crippen molar-refractivity contribution >= 4 is 18.0 Å². The van der Waals surface area contributed by atoms with Crippen molar-refractivity contribution in [1.29, 1.82) is 0 Å². The molecule has 168 valence electrons. The Kier molecular flexibility index (Phi) is 7.37. The van der Waals surface area contributed by atoms with E-state index in [-0.39, 0.29) is 18.9 Å². The Bertz CT molecular complexity index is 877. The van der Waals surface area contributed by atoms with E-state index < -0.39 is 28.7 Å². The number of ketones is 1. The normalized spacial score (nSPS) is 18.6. The molecule has 1 heterocycles. The van der Waals surface area contributed by atoms with Crippen LogP contribution in [0.25, 0.3) is 0 Å². The number of benzene rings is 1. The number of nitrogens with one attached hydrogen (secondary N) is 1. The molecule has 0 spiro atoms. The predicted molar refractivity (Wildman–Crippen MR) is 117 cm³/mol. The molecular weight excluding hydrogens is 396 g/mol. The van der Waals surface area contributed by atoms with Gasteiger partial charge in [-0.15, -0.1) is 0 Å². The van der Waals surface area contributed by atoms with Crippen LogP contribution in [-0.2, 0) is 20.9 Å². The van der Waals surface area contributed by atoms with E-state index in [1.165, 1.54) is 4.90 Å². The average Bonchev–Trinajstić information content (AvgIpc) is 3.07. The van der Waals surface area contributed by atoms with E-state index in [2.05, 4.69) is 17.2 Å². The second kappa shape index (κ2) is 9.42. The van der Waals surface area contributed by atoms with Gasteiger partial charge in [-0.05, 0) is 59.4 Å². The van der Waals surface area contributed by atoms with Crippen molar-refractivity contribution < 1.29 is 23.9 Å². The van der Waals surface area contributed by atoms with E-state index in [0.717, 1.165) is 5.56 Å². The summed E-state index contributed by atoms with van der Waals surface area (Å²) in [5.41, 5.74) is -1.44. The summed E-state index contributed by atoms with van der Waals surface area (Å²) in [5, 5.41) is 2.67. The molecule has 1 aromatic carbocycles. The van der Waals surface area contributed by atoms with Gasteiger partial charge in [-0.3, -0.25) is 4.79 Å². The fraction of sp³-hybridized carbons (Fsp3) is 0.542. The Morgan fingerprint density at radius 2 is 1.77 bits per heavy atom. The molecule has 7 heteroatoms. The van der Waals surface area contributed by atoms with Gasteiger partial charge < -0.3 is 19.7 Å². The summed E-state index contributed by atoms with van der Waals surface area (Å²) in [4.78, 5) is 38.7. The quantitative estimate of drug-likeness (QED) is 0.581. The number of hydrogen-bond donors (Lipinski definition) is 1. The molecule has 0 radical (unpaired) electrons. The fourth-order valence-corrected chi connectivity index (χ4v) is 3.04. The monoisotopic (exact) mass is 428 g/mol. The lowest BCUT2D eigenvalue weighted by atomic mass is 9.85. The van der Waals surface area contributed by atoms with Gasteiger partial charge in [0.25, 0.3) is 0 Å². The van der Waals surface area contributed by atoms with Crippen molar-refractivity contribution in [2.45, 2.75) is 65.7 Å². The largest absolute Gasteiger partial charge is 0.445 e. The van der Waals surface area contributed by atoms with Crippen LogP contribution in [0, 0.1) is 17.3 Å². The lowest BCUT2D eigenvalue weighted by molar-refractivity contribution is -0.121. The molecule has 1 aliphatic heterocycles. The van der Waals surface area contributed by atoms with Crippen LogP contribution >= 0.6 is 0 Å². The molecule has 31 heavy (non-hydrogen) atoms. The summed E-state index contributed by atoms with van der Waals surface area (Å²) in [6.07, 6.45) is -0.536. The van der Waals surface area contributed by atoms with E-state index in [0.29, 0.717) is 13.0 Å². The lowest BCUT2D eigenvalue weighted by Gasteiger charge is -2.25. The maximum Gasteiger partial charge on any atom is 0.410 e. The zero-order valence-corrected chi connectivity index (χ0v) is 19.2. The van der Waals surface area contributed by atoms with Crippen molar-refractivity contribution in [2.75, 3.05) is 13.1 Å². The zero-order valence-electron chi connectivity index (χ0n) is 19.2. The molecule has 1 aliphatic rings. The molecule has 0 saturated carbocycles. The Morgan fingerprint density at radius 1 is 1.13 bits per heavy atom. The highest BCUT2D eigenvalue weighted by Crippen LogP contribution is 2.31. The molecule has 1 atom stereocenters.